The number of hydrogen-bond acceptors (Lipinski definition) is 4. The maximum absolute atomic E-state index is 12.7. The van der Waals surface area contributed by atoms with E-state index < -0.39 is 11.9 Å². The number of amides is 2. The number of methoxy groups -OCH3 is 1. The molecule has 6 heteroatoms. The van der Waals surface area contributed by atoms with Gasteiger partial charge in [-0.2, -0.15) is 0 Å². The second-order valence-electron chi connectivity index (χ2n) is 6.99. The van der Waals surface area contributed by atoms with Crippen LogP contribution in [-0.2, 0) is 20.7 Å². The van der Waals surface area contributed by atoms with Gasteiger partial charge in [-0.15, -0.1) is 0 Å². The Morgan fingerprint density at radius 3 is 2.64 bits per heavy atom. The molecule has 0 bridgehead atoms. The van der Waals surface area contributed by atoms with Crippen molar-refractivity contribution in [1.29, 1.82) is 0 Å². The van der Waals surface area contributed by atoms with Gasteiger partial charge in [0.15, 0.2) is 0 Å². The maximum atomic E-state index is 12.7. The van der Waals surface area contributed by atoms with Crippen LogP contribution in [0.4, 0.5) is 5.69 Å². The first kappa shape index (κ1) is 19.6. The van der Waals surface area contributed by atoms with Crippen molar-refractivity contribution < 1.29 is 19.1 Å². The van der Waals surface area contributed by atoms with E-state index in [1.165, 1.54) is 12.7 Å². The normalized spacial score (nSPS) is 16.1. The van der Waals surface area contributed by atoms with Gasteiger partial charge in [-0.1, -0.05) is 36.4 Å². The molecule has 1 aliphatic heterocycles. The molecule has 146 valence electrons. The van der Waals surface area contributed by atoms with Gasteiger partial charge >= 0.3 is 5.97 Å². The highest BCUT2D eigenvalue weighted by molar-refractivity contribution is 5.99. The van der Waals surface area contributed by atoms with Gasteiger partial charge in [0.05, 0.1) is 18.6 Å². The molecule has 1 saturated heterocycles. The number of carbonyl (C=O) groups is 3. The highest BCUT2D eigenvalue weighted by atomic mass is 16.5. The Hall–Kier alpha value is -3.15. The van der Waals surface area contributed by atoms with Crippen LogP contribution in [0.2, 0.25) is 0 Å². The summed E-state index contributed by atoms with van der Waals surface area (Å²) in [5, 5.41) is 2.86. The first-order valence-corrected chi connectivity index (χ1v) is 9.29. The summed E-state index contributed by atoms with van der Waals surface area (Å²) >= 11 is 0. The molecule has 0 aromatic heterocycles. The topological polar surface area (TPSA) is 75.7 Å². The maximum Gasteiger partial charge on any atom is 0.337 e. The molecule has 1 heterocycles. The van der Waals surface area contributed by atoms with Crippen molar-refractivity contribution in [1.82, 2.24) is 4.90 Å². The van der Waals surface area contributed by atoms with Crippen LogP contribution in [0.15, 0.2) is 48.5 Å². The standard InChI is InChI=1S/C22H24N2O4/c1-15-8-9-17(22(27)28-2)12-19(15)23-21(26)18-13-20(25)24(14-18)11-10-16-6-4-3-5-7-16/h3-9,12,18H,10-11,13-14H2,1-2H3,(H,23,26)/t18-/m0/s1. The van der Waals surface area contributed by atoms with Crippen LogP contribution in [0, 0.1) is 12.8 Å². The molecule has 1 N–H and O–H groups in total. The zero-order chi connectivity index (χ0) is 20.1. The van der Waals surface area contributed by atoms with Crippen LogP contribution in [0.1, 0.15) is 27.9 Å². The third-order valence-corrected chi connectivity index (χ3v) is 5.02. The van der Waals surface area contributed by atoms with Gasteiger partial charge in [-0.05, 0) is 36.6 Å². The van der Waals surface area contributed by atoms with Crippen molar-refractivity contribution in [3.63, 3.8) is 0 Å². The number of carbonyl (C=O) groups excluding carboxylic acids is 3. The van der Waals surface area contributed by atoms with Crippen LogP contribution in [0.25, 0.3) is 0 Å². The Morgan fingerprint density at radius 2 is 1.93 bits per heavy atom. The molecule has 0 saturated carbocycles. The molecule has 1 aliphatic rings. The van der Waals surface area contributed by atoms with E-state index in [1.807, 2.05) is 37.3 Å². The molecule has 0 unspecified atom stereocenters. The summed E-state index contributed by atoms with van der Waals surface area (Å²) in [7, 11) is 1.31. The van der Waals surface area contributed by atoms with Gasteiger partial charge in [0.25, 0.3) is 0 Å². The van der Waals surface area contributed by atoms with Crippen molar-refractivity contribution >= 4 is 23.5 Å². The third kappa shape index (κ3) is 4.57. The lowest BCUT2D eigenvalue weighted by Crippen LogP contribution is -2.30. The minimum Gasteiger partial charge on any atom is -0.465 e. The van der Waals surface area contributed by atoms with Crippen molar-refractivity contribution in [2.45, 2.75) is 19.8 Å². The fraction of sp³-hybridized carbons (Fsp3) is 0.318. The van der Waals surface area contributed by atoms with Crippen LogP contribution in [0.3, 0.4) is 0 Å². The third-order valence-electron chi connectivity index (χ3n) is 5.02. The summed E-state index contributed by atoms with van der Waals surface area (Å²) < 4.78 is 4.72. The largest absolute Gasteiger partial charge is 0.465 e. The molecule has 6 nitrogen and oxygen atoms in total. The fourth-order valence-electron chi connectivity index (χ4n) is 3.31. The number of hydrogen-bond donors (Lipinski definition) is 1. The Labute approximate surface area is 164 Å². The predicted molar refractivity (Wildman–Crippen MR) is 106 cm³/mol. The lowest BCUT2D eigenvalue weighted by Gasteiger charge is -2.17. The summed E-state index contributed by atoms with van der Waals surface area (Å²) in [6.45, 7) is 2.86. The SMILES string of the molecule is COC(=O)c1ccc(C)c(NC(=O)[C@H]2CC(=O)N(CCc3ccccc3)C2)c1. The number of aryl methyl sites for hydroxylation is 1. The second-order valence-corrected chi connectivity index (χ2v) is 6.99. The summed E-state index contributed by atoms with van der Waals surface area (Å²) in [4.78, 5) is 38.4. The van der Waals surface area contributed by atoms with Gasteiger partial charge in [0.1, 0.15) is 0 Å². The van der Waals surface area contributed by atoms with Gasteiger partial charge in [-0.25, -0.2) is 4.79 Å². The average molecular weight is 380 g/mol. The number of nitrogens with one attached hydrogen (secondary N) is 1. The van der Waals surface area contributed by atoms with Crippen molar-refractivity contribution in [2.24, 2.45) is 5.92 Å². The highest BCUT2D eigenvalue weighted by Gasteiger charge is 2.34. The van der Waals surface area contributed by atoms with Gasteiger partial charge in [-0.3, -0.25) is 9.59 Å². The van der Waals surface area contributed by atoms with Crippen LogP contribution < -0.4 is 5.32 Å². The molecular weight excluding hydrogens is 356 g/mol. The van der Waals surface area contributed by atoms with E-state index in [9.17, 15) is 14.4 Å². The van der Waals surface area contributed by atoms with Gasteiger partial charge < -0.3 is 15.0 Å². The molecule has 3 rings (SSSR count). The van der Waals surface area contributed by atoms with E-state index in [4.69, 9.17) is 4.74 Å². The molecule has 2 amide bonds. The molecule has 0 spiro atoms. The van der Waals surface area contributed by atoms with Gasteiger partial charge in [0, 0.05) is 25.2 Å². The van der Waals surface area contributed by atoms with Crippen LogP contribution in [-0.4, -0.2) is 42.9 Å². The lowest BCUT2D eigenvalue weighted by molar-refractivity contribution is -0.128. The Kier molecular flexibility index (Phi) is 6.09. The van der Waals surface area contributed by atoms with E-state index in [2.05, 4.69) is 5.32 Å². The smallest absolute Gasteiger partial charge is 0.337 e. The van der Waals surface area contributed by atoms with Crippen molar-refractivity contribution in [3.05, 3.63) is 65.2 Å². The number of anilines is 1. The lowest BCUT2D eigenvalue weighted by atomic mass is 10.1. The first-order chi connectivity index (χ1) is 13.5. The van der Waals surface area contributed by atoms with Crippen molar-refractivity contribution in [3.8, 4) is 0 Å². The zero-order valence-electron chi connectivity index (χ0n) is 16.1. The second kappa shape index (κ2) is 8.69. The number of likely N-dealkylation sites (tertiary alicyclic amines) is 1. The zero-order valence-corrected chi connectivity index (χ0v) is 16.1. The quantitative estimate of drug-likeness (QED) is 0.782. The highest BCUT2D eigenvalue weighted by Crippen LogP contribution is 2.23. The molecular formula is C22H24N2O4. The van der Waals surface area contributed by atoms with E-state index in [-0.39, 0.29) is 18.2 Å². The van der Waals surface area contributed by atoms with Crippen LogP contribution >= 0.6 is 0 Å². The number of benzene rings is 2. The minimum atomic E-state index is -0.460. The first-order valence-electron chi connectivity index (χ1n) is 9.29. The molecule has 28 heavy (non-hydrogen) atoms. The Balaban J connectivity index is 1.61. The molecule has 1 fully saturated rings. The summed E-state index contributed by atoms with van der Waals surface area (Å²) in [6, 6.07) is 15.0. The van der Waals surface area contributed by atoms with Crippen molar-refractivity contribution in [2.75, 3.05) is 25.5 Å². The van der Waals surface area contributed by atoms with E-state index in [0.717, 1.165) is 12.0 Å². The Morgan fingerprint density at radius 1 is 1.18 bits per heavy atom. The van der Waals surface area contributed by atoms with E-state index >= 15 is 0 Å². The molecule has 1 atom stereocenters. The molecule has 2 aromatic rings. The minimum absolute atomic E-state index is 0.00360. The van der Waals surface area contributed by atoms with Gasteiger partial charge in [0.2, 0.25) is 11.8 Å². The molecule has 0 aliphatic carbocycles. The number of rotatable bonds is 6. The number of esters is 1. The summed E-state index contributed by atoms with van der Waals surface area (Å²) in [6.07, 6.45) is 0.970. The van der Waals surface area contributed by atoms with E-state index in [0.29, 0.717) is 24.3 Å². The summed E-state index contributed by atoms with van der Waals surface area (Å²) in [5.41, 5.74) is 2.93. The number of ether oxygens (including phenoxy) is 1. The monoisotopic (exact) mass is 380 g/mol. The van der Waals surface area contributed by atoms with Crippen LogP contribution in [0.5, 0.6) is 0 Å². The molecule has 0 radical (unpaired) electrons. The number of nitrogens with zero attached hydrogens (tertiary/aromatic N) is 1. The molecule has 2 aromatic carbocycles. The average Bonchev–Trinajstić information content (AvgIpc) is 3.09. The predicted octanol–water partition coefficient (Wildman–Crippen LogP) is 2.81. The summed E-state index contributed by atoms with van der Waals surface area (Å²) in [5.74, 6) is -1.07. The van der Waals surface area contributed by atoms with E-state index in [1.54, 1.807) is 23.1 Å². The Bertz CT molecular complexity index is 879. The fourth-order valence-corrected chi connectivity index (χ4v) is 3.31.